The zero-order chi connectivity index (χ0) is 16.4. The molecule has 2 heterocycles. The summed E-state index contributed by atoms with van der Waals surface area (Å²) >= 11 is 1.39. The predicted molar refractivity (Wildman–Crippen MR) is 87.5 cm³/mol. The fourth-order valence-corrected chi connectivity index (χ4v) is 2.99. The Morgan fingerprint density at radius 3 is 2.59 bits per heavy atom. The van der Waals surface area contributed by atoms with Gasteiger partial charge in [-0.25, -0.2) is 9.78 Å². The van der Waals surface area contributed by atoms with Gasteiger partial charge < -0.3 is 9.67 Å². The number of aliphatic hydroxyl groups is 1. The fourth-order valence-electron chi connectivity index (χ4n) is 2.11. The van der Waals surface area contributed by atoms with E-state index in [4.69, 9.17) is 0 Å². The van der Waals surface area contributed by atoms with Crippen LogP contribution in [0.3, 0.4) is 0 Å². The second-order valence-corrected chi connectivity index (χ2v) is 6.87. The van der Waals surface area contributed by atoms with Gasteiger partial charge in [0, 0.05) is 19.3 Å². The van der Waals surface area contributed by atoms with Gasteiger partial charge in [0.15, 0.2) is 16.3 Å². The van der Waals surface area contributed by atoms with Gasteiger partial charge >= 0.3 is 5.69 Å². The Morgan fingerprint density at radius 1 is 1.32 bits per heavy atom. The van der Waals surface area contributed by atoms with Gasteiger partial charge in [0.25, 0.3) is 5.56 Å². The Morgan fingerprint density at radius 2 is 2.00 bits per heavy atom. The third-order valence-electron chi connectivity index (χ3n) is 3.36. The van der Waals surface area contributed by atoms with Crippen molar-refractivity contribution in [3.63, 3.8) is 0 Å². The monoisotopic (exact) mass is 326 g/mol. The number of fused-ring (bicyclic) bond motifs is 1. The summed E-state index contributed by atoms with van der Waals surface area (Å²) in [7, 11) is 1.59. The number of hydrogen-bond acceptors (Lipinski definition) is 5. The average molecular weight is 326 g/mol. The molecule has 0 bridgehead atoms. The number of nitrogens with zero attached hydrogens (tertiary/aromatic N) is 3. The molecule has 0 aliphatic heterocycles. The second-order valence-electron chi connectivity index (χ2n) is 5.88. The number of aromatic amines is 1. The summed E-state index contributed by atoms with van der Waals surface area (Å²) in [5.74, 6) is 0.968. The van der Waals surface area contributed by atoms with Gasteiger partial charge in [0.05, 0.1) is 6.10 Å². The van der Waals surface area contributed by atoms with Crippen LogP contribution in [-0.4, -0.2) is 36.1 Å². The van der Waals surface area contributed by atoms with Gasteiger partial charge in [0.1, 0.15) is 0 Å². The van der Waals surface area contributed by atoms with Crippen molar-refractivity contribution >= 4 is 22.9 Å². The minimum absolute atomic E-state index is 0.380. The zero-order valence-electron chi connectivity index (χ0n) is 13.3. The Balaban J connectivity index is 2.58. The van der Waals surface area contributed by atoms with Crippen LogP contribution in [0.5, 0.6) is 0 Å². The quantitative estimate of drug-likeness (QED) is 0.771. The fraction of sp³-hybridized carbons (Fsp3) is 0.643. The molecule has 0 fully saturated rings. The first-order chi connectivity index (χ1) is 10.3. The molecule has 0 aromatic carbocycles. The lowest BCUT2D eigenvalue weighted by Crippen LogP contribution is -2.29. The summed E-state index contributed by atoms with van der Waals surface area (Å²) in [5, 5.41) is 10.1. The van der Waals surface area contributed by atoms with E-state index in [9.17, 15) is 14.7 Å². The number of aliphatic hydroxyl groups excluding tert-OH is 1. The first kappa shape index (κ1) is 16.8. The number of hydrogen-bond donors (Lipinski definition) is 2. The van der Waals surface area contributed by atoms with Gasteiger partial charge in [-0.2, -0.15) is 0 Å². The van der Waals surface area contributed by atoms with Crippen LogP contribution in [-0.2, 0) is 13.6 Å². The number of aryl methyl sites for hydroxylation is 2. The molecule has 2 N–H and O–H groups in total. The van der Waals surface area contributed by atoms with Crippen molar-refractivity contribution in [3.8, 4) is 0 Å². The molecule has 0 unspecified atom stereocenters. The lowest BCUT2D eigenvalue weighted by atomic mass is 10.1. The van der Waals surface area contributed by atoms with Gasteiger partial charge in [-0.1, -0.05) is 25.6 Å². The molecule has 1 atom stereocenters. The van der Waals surface area contributed by atoms with Crippen LogP contribution in [0.2, 0.25) is 0 Å². The highest BCUT2D eigenvalue weighted by Gasteiger charge is 2.18. The molecule has 0 radical (unpaired) electrons. The molecule has 0 aliphatic rings. The van der Waals surface area contributed by atoms with E-state index in [1.54, 1.807) is 14.0 Å². The smallest absolute Gasteiger partial charge is 0.329 e. The minimum atomic E-state index is -0.474. The van der Waals surface area contributed by atoms with Crippen molar-refractivity contribution in [2.75, 3.05) is 5.75 Å². The molecule has 0 spiro atoms. The molecule has 7 nitrogen and oxygen atoms in total. The van der Waals surface area contributed by atoms with Crippen LogP contribution in [0.4, 0.5) is 0 Å². The van der Waals surface area contributed by atoms with E-state index >= 15 is 0 Å². The normalized spacial score (nSPS) is 13.2. The first-order valence-corrected chi connectivity index (χ1v) is 8.30. The lowest BCUT2D eigenvalue weighted by molar-refractivity contribution is 0.220. The van der Waals surface area contributed by atoms with E-state index < -0.39 is 17.4 Å². The van der Waals surface area contributed by atoms with Gasteiger partial charge in [-0.15, -0.1) is 0 Å². The molecule has 2 aromatic heterocycles. The Labute approximate surface area is 132 Å². The standard InChI is InChI=1S/C14H22N4O3S/c1-8(2)5-6-18-10-11(15-14(18)22-7-9(3)19)17(4)13(21)16-12(10)20/h8-9,19H,5-7H2,1-4H3,(H,16,20,21)/t9-/m0/s1. The van der Waals surface area contributed by atoms with E-state index in [1.807, 2.05) is 4.57 Å². The molecule has 0 amide bonds. The maximum absolute atomic E-state index is 12.2. The van der Waals surface area contributed by atoms with Crippen molar-refractivity contribution < 1.29 is 5.11 Å². The Bertz CT molecular complexity index is 773. The van der Waals surface area contributed by atoms with Crippen LogP contribution in [0.15, 0.2) is 14.7 Å². The van der Waals surface area contributed by atoms with E-state index in [1.165, 1.54) is 16.3 Å². The number of H-pyrrole nitrogens is 1. The third kappa shape index (κ3) is 3.44. The Hall–Kier alpha value is -1.54. The maximum atomic E-state index is 12.2. The molecular weight excluding hydrogens is 304 g/mol. The van der Waals surface area contributed by atoms with Crippen LogP contribution >= 0.6 is 11.8 Å². The van der Waals surface area contributed by atoms with Crippen LogP contribution in [0.1, 0.15) is 27.2 Å². The largest absolute Gasteiger partial charge is 0.393 e. The predicted octanol–water partition coefficient (Wildman–Crippen LogP) is 0.942. The summed E-state index contributed by atoms with van der Waals surface area (Å²) in [6.45, 7) is 6.58. The van der Waals surface area contributed by atoms with Gasteiger partial charge in [0.2, 0.25) is 0 Å². The van der Waals surface area contributed by atoms with Crippen molar-refractivity contribution in [1.29, 1.82) is 0 Å². The van der Waals surface area contributed by atoms with Crippen LogP contribution in [0, 0.1) is 5.92 Å². The van der Waals surface area contributed by atoms with Crippen molar-refractivity contribution in [2.45, 2.75) is 45.0 Å². The molecule has 2 aromatic rings. The highest BCUT2D eigenvalue weighted by atomic mass is 32.2. The van der Waals surface area contributed by atoms with E-state index in [2.05, 4.69) is 23.8 Å². The van der Waals surface area contributed by atoms with E-state index in [0.29, 0.717) is 34.5 Å². The van der Waals surface area contributed by atoms with Crippen molar-refractivity contribution in [2.24, 2.45) is 13.0 Å². The first-order valence-electron chi connectivity index (χ1n) is 7.31. The van der Waals surface area contributed by atoms with Gasteiger partial charge in [-0.3, -0.25) is 14.3 Å². The molecule has 0 aliphatic carbocycles. The number of rotatable bonds is 6. The topological polar surface area (TPSA) is 92.9 Å². The van der Waals surface area contributed by atoms with E-state index in [-0.39, 0.29) is 0 Å². The molecule has 0 saturated carbocycles. The van der Waals surface area contributed by atoms with Crippen LogP contribution < -0.4 is 11.2 Å². The minimum Gasteiger partial charge on any atom is -0.393 e. The summed E-state index contributed by atoms with van der Waals surface area (Å²) in [5.41, 5.74) is -0.0993. The van der Waals surface area contributed by atoms with Gasteiger partial charge in [-0.05, 0) is 19.3 Å². The van der Waals surface area contributed by atoms with Crippen molar-refractivity contribution in [1.82, 2.24) is 19.1 Å². The number of thioether (sulfide) groups is 1. The van der Waals surface area contributed by atoms with E-state index in [0.717, 1.165) is 6.42 Å². The molecule has 2 rings (SSSR count). The number of nitrogens with one attached hydrogen (secondary N) is 1. The molecular formula is C14H22N4O3S. The summed E-state index contributed by atoms with van der Waals surface area (Å²) in [6.07, 6.45) is 0.432. The molecule has 8 heteroatoms. The van der Waals surface area contributed by atoms with Crippen molar-refractivity contribution in [3.05, 3.63) is 20.8 Å². The number of imidazole rings is 1. The Kier molecular flexibility index (Phi) is 5.12. The molecule has 122 valence electrons. The lowest BCUT2D eigenvalue weighted by Gasteiger charge is -2.10. The third-order valence-corrected chi connectivity index (χ3v) is 4.57. The average Bonchev–Trinajstić information content (AvgIpc) is 2.79. The SMILES string of the molecule is CC(C)CCn1c(SC[C@H](C)O)nc2c1c(=O)[nH]c(=O)n2C. The second kappa shape index (κ2) is 6.70. The molecule has 0 saturated heterocycles. The van der Waals surface area contributed by atoms with Crippen LogP contribution in [0.25, 0.3) is 11.2 Å². The summed E-state index contributed by atoms with van der Waals surface area (Å²) in [4.78, 5) is 30.7. The molecule has 22 heavy (non-hydrogen) atoms. The highest BCUT2D eigenvalue weighted by Crippen LogP contribution is 2.23. The summed E-state index contributed by atoms with van der Waals surface area (Å²) < 4.78 is 3.19. The maximum Gasteiger partial charge on any atom is 0.329 e. The number of aromatic nitrogens is 4. The highest BCUT2D eigenvalue weighted by molar-refractivity contribution is 7.99. The zero-order valence-corrected chi connectivity index (χ0v) is 14.1. The summed E-state index contributed by atoms with van der Waals surface area (Å²) in [6, 6.07) is 0.